The number of amides is 1. The van der Waals surface area contributed by atoms with Crippen LogP contribution in [0.3, 0.4) is 0 Å². The largest absolute Gasteiger partial charge is 0.467 e. The van der Waals surface area contributed by atoms with Gasteiger partial charge in [-0.05, 0) is 18.2 Å². The maximum atomic E-state index is 14.3. The maximum absolute atomic E-state index is 14.3. The van der Waals surface area contributed by atoms with Gasteiger partial charge in [0.05, 0.1) is 26.1 Å². The highest BCUT2D eigenvalue weighted by Gasteiger charge is 2.32. The van der Waals surface area contributed by atoms with Gasteiger partial charge < -0.3 is 19.6 Å². The fourth-order valence-corrected chi connectivity index (χ4v) is 2.98. The minimum Gasteiger partial charge on any atom is -0.467 e. The quantitative estimate of drug-likeness (QED) is 0.830. The number of carbonyl (C=O) groups is 1. The molecule has 1 aliphatic heterocycles. The minimum absolute atomic E-state index is 0.304. The number of hydrogen-bond acceptors (Lipinski definition) is 5. The molecule has 3 rings (SSSR count). The van der Waals surface area contributed by atoms with Gasteiger partial charge in [-0.1, -0.05) is 18.2 Å². The highest BCUT2D eigenvalue weighted by atomic mass is 19.1. The normalized spacial score (nSPS) is 17.8. The first-order valence-electron chi connectivity index (χ1n) is 8.21. The summed E-state index contributed by atoms with van der Waals surface area (Å²) in [6.07, 6.45) is 1.47. The van der Waals surface area contributed by atoms with Crippen molar-refractivity contribution >= 4 is 5.91 Å². The Kier molecular flexibility index (Phi) is 5.80. The first kappa shape index (κ1) is 17.6. The molecule has 1 aromatic heterocycles. The molecule has 0 spiro atoms. The number of aliphatic hydroxyl groups excluding tert-OH is 1. The summed E-state index contributed by atoms with van der Waals surface area (Å²) in [4.78, 5) is 14.8. The molecule has 1 amide bonds. The molecule has 134 valence electrons. The molecule has 2 aromatic rings. The van der Waals surface area contributed by atoms with E-state index in [-0.39, 0.29) is 12.5 Å². The molecule has 25 heavy (non-hydrogen) atoms. The van der Waals surface area contributed by atoms with Gasteiger partial charge in [-0.15, -0.1) is 0 Å². The molecule has 2 unspecified atom stereocenters. The number of furan rings is 1. The van der Waals surface area contributed by atoms with E-state index in [0.29, 0.717) is 37.6 Å². The third kappa shape index (κ3) is 4.07. The number of morpholine rings is 1. The average Bonchev–Trinajstić information content (AvgIpc) is 3.17. The molecule has 2 N–H and O–H groups in total. The van der Waals surface area contributed by atoms with E-state index in [0.717, 1.165) is 0 Å². The molecule has 2 heterocycles. The predicted molar refractivity (Wildman–Crippen MR) is 88.2 cm³/mol. The molecule has 7 heteroatoms. The third-order valence-corrected chi connectivity index (χ3v) is 4.24. The molecule has 1 aliphatic rings. The second-order valence-electron chi connectivity index (χ2n) is 5.83. The maximum Gasteiger partial charge on any atom is 0.242 e. The van der Waals surface area contributed by atoms with Crippen molar-refractivity contribution in [2.45, 2.75) is 12.1 Å². The van der Waals surface area contributed by atoms with Crippen molar-refractivity contribution in [3.63, 3.8) is 0 Å². The zero-order valence-electron chi connectivity index (χ0n) is 13.7. The van der Waals surface area contributed by atoms with Crippen LogP contribution in [0.4, 0.5) is 4.39 Å². The van der Waals surface area contributed by atoms with Gasteiger partial charge >= 0.3 is 0 Å². The van der Waals surface area contributed by atoms with Crippen LogP contribution >= 0.6 is 0 Å². The van der Waals surface area contributed by atoms with E-state index in [1.165, 1.54) is 12.3 Å². The van der Waals surface area contributed by atoms with Crippen LogP contribution in [0.25, 0.3) is 0 Å². The topological polar surface area (TPSA) is 74.9 Å². The van der Waals surface area contributed by atoms with Crippen molar-refractivity contribution in [2.24, 2.45) is 0 Å². The lowest BCUT2D eigenvalue weighted by atomic mass is 10.0. The Balaban J connectivity index is 1.85. The van der Waals surface area contributed by atoms with Gasteiger partial charge in [0, 0.05) is 18.7 Å². The lowest BCUT2D eigenvalue weighted by Crippen LogP contribution is -2.47. The van der Waals surface area contributed by atoms with Crippen LogP contribution in [-0.2, 0) is 9.53 Å². The van der Waals surface area contributed by atoms with E-state index in [1.807, 2.05) is 4.90 Å². The second kappa shape index (κ2) is 8.24. The van der Waals surface area contributed by atoms with Gasteiger partial charge in [-0.2, -0.15) is 0 Å². The Labute approximate surface area is 145 Å². The summed E-state index contributed by atoms with van der Waals surface area (Å²) in [5, 5.41) is 12.3. The SMILES string of the molecule is O=C(NC(CO)c1ccco1)C(c1ccccc1F)N1CCOCC1. The van der Waals surface area contributed by atoms with Gasteiger partial charge in [0.2, 0.25) is 5.91 Å². The number of rotatable bonds is 6. The predicted octanol–water partition coefficient (Wildman–Crippen LogP) is 1.64. The molecule has 1 saturated heterocycles. The van der Waals surface area contributed by atoms with Gasteiger partial charge in [-0.25, -0.2) is 4.39 Å². The van der Waals surface area contributed by atoms with Crippen molar-refractivity contribution in [3.8, 4) is 0 Å². The molecule has 0 saturated carbocycles. The highest BCUT2D eigenvalue weighted by molar-refractivity contribution is 5.83. The summed E-state index contributed by atoms with van der Waals surface area (Å²) >= 11 is 0. The smallest absolute Gasteiger partial charge is 0.242 e. The van der Waals surface area contributed by atoms with E-state index in [4.69, 9.17) is 9.15 Å². The number of carbonyl (C=O) groups excluding carboxylic acids is 1. The molecule has 0 aliphatic carbocycles. The van der Waals surface area contributed by atoms with E-state index >= 15 is 0 Å². The van der Waals surface area contributed by atoms with Crippen LogP contribution in [0, 0.1) is 5.82 Å². The monoisotopic (exact) mass is 348 g/mol. The average molecular weight is 348 g/mol. The number of hydrogen-bond donors (Lipinski definition) is 2. The van der Waals surface area contributed by atoms with E-state index in [2.05, 4.69) is 5.32 Å². The van der Waals surface area contributed by atoms with Crippen LogP contribution in [0.1, 0.15) is 23.4 Å². The Bertz CT molecular complexity index is 686. The molecule has 6 nitrogen and oxygen atoms in total. The Morgan fingerprint density at radius 2 is 2.00 bits per heavy atom. The van der Waals surface area contributed by atoms with Crippen molar-refractivity contribution in [3.05, 3.63) is 59.8 Å². The summed E-state index contributed by atoms with van der Waals surface area (Å²) in [6.45, 7) is 1.71. The number of halogens is 1. The minimum atomic E-state index is -0.797. The van der Waals surface area contributed by atoms with Crippen molar-refractivity contribution in [1.29, 1.82) is 0 Å². The van der Waals surface area contributed by atoms with E-state index in [9.17, 15) is 14.3 Å². The lowest BCUT2D eigenvalue weighted by molar-refractivity contribution is -0.130. The first-order chi connectivity index (χ1) is 12.2. The van der Waals surface area contributed by atoms with Crippen molar-refractivity contribution < 1.29 is 23.4 Å². The number of nitrogens with zero attached hydrogens (tertiary/aromatic N) is 1. The molecule has 0 bridgehead atoms. The van der Waals surface area contributed by atoms with Crippen LogP contribution in [-0.4, -0.2) is 48.8 Å². The lowest BCUT2D eigenvalue weighted by Gasteiger charge is -2.34. The van der Waals surface area contributed by atoms with E-state index < -0.39 is 17.9 Å². The molecule has 0 radical (unpaired) electrons. The van der Waals surface area contributed by atoms with E-state index in [1.54, 1.807) is 30.3 Å². The Hall–Kier alpha value is -2.22. The van der Waals surface area contributed by atoms with Gasteiger partial charge in [-0.3, -0.25) is 9.69 Å². The fraction of sp³-hybridized carbons (Fsp3) is 0.389. The van der Waals surface area contributed by atoms with Crippen LogP contribution in [0.15, 0.2) is 47.1 Å². The number of aliphatic hydroxyl groups is 1. The Morgan fingerprint density at radius 3 is 2.64 bits per heavy atom. The van der Waals surface area contributed by atoms with Crippen molar-refractivity contribution in [1.82, 2.24) is 10.2 Å². The summed E-state index contributed by atoms with van der Waals surface area (Å²) < 4.78 is 24.9. The van der Waals surface area contributed by atoms with Gasteiger partial charge in [0.25, 0.3) is 0 Å². The van der Waals surface area contributed by atoms with Gasteiger partial charge in [0.15, 0.2) is 0 Å². The summed E-state index contributed by atoms with van der Waals surface area (Å²) in [6, 6.07) is 8.12. The molecule has 1 fully saturated rings. The van der Waals surface area contributed by atoms with Crippen molar-refractivity contribution in [2.75, 3.05) is 32.9 Å². The van der Waals surface area contributed by atoms with Crippen LogP contribution in [0.2, 0.25) is 0 Å². The van der Waals surface area contributed by atoms with Crippen LogP contribution in [0.5, 0.6) is 0 Å². The molecule has 2 atom stereocenters. The molecule has 1 aromatic carbocycles. The van der Waals surface area contributed by atoms with Crippen LogP contribution < -0.4 is 5.32 Å². The fourth-order valence-electron chi connectivity index (χ4n) is 2.98. The molecular weight excluding hydrogens is 327 g/mol. The number of ether oxygens (including phenoxy) is 1. The Morgan fingerprint density at radius 1 is 1.24 bits per heavy atom. The standard InChI is InChI=1S/C18H21FN2O4/c19-14-5-2-1-4-13(14)17(21-7-10-24-11-8-21)18(23)20-15(12-22)16-6-3-9-25-16/h1-6,9,15,17,22H,7-8,10-12H2,(H,20,23). The molecular formula is C18H21FN2O4. The first-order valence-corrected chi connectivity index (χ1v) is 8.21. The second-order valence-corrected chi connectivity index (χ2v) is 5.83. The number of benzene rings is 1. The zero-order valence-corrected chi connectivity index (χ0v) is 13.7. The summed E-state index contributed by atoms with van der Waals surface area (Å²) in [5.74, 6) is -0.375. The summed E-state index contributed by atoms with van der Waals surface area (Å²) in [7, 11) is 0. The van der Waals surface area contributed by atoms with Gasteiger partial charge in [0.1, 0.15) is 23.7 Å². The summed E-state index contributed by atoms with van der Waals surface area (Å²) in [5.41, 5.74) is 0.304. The highest BCUT2D eigenvalue weighted by Crippen LogP contribution is 2.26. The number of nitrogens with one attached hydrogen (secondary N) is 1. The third-order valence-electron chi connectivity index (χ3n) is 4.24. The zero-order chi connectivity index (χ0) is 17.6.